The second-order valence-corrected chi connectivity index (χ2v) is 7.90. The number of allylic oxidation sites excluding steroid dienone is 4. The van der Waals surface area contributed by atoms with Gasteiger partial charge in [0.1, 0.15) is 0 Å². The number of pyridine rings is 1. The van der Waals surface area contributed by atoms with E-state index in [1.165, 1.54) is 21.7 Å². The largest absolute Gasteiger partial charge is 0.332 e. The minimum atomic E-state index is 0.0918. The fraction of sp³-hybridized carbons (Fsp3) is 0.120. The minimum absolute atomic E-state index is 0.0918. The molecule has 6 rings (SSSR count). The van der Waals surface area contributed by atoms with Crippen LogP contribution in [0.1, 0.15) is 18.8 Å². The van der Waals surface area contributed by atoms with E-state index in [1.54, 1.807) is 0 Å². The van der Waals surface area contributed by atoms with Gasteiger partial charge in [0.2, 0.25) is 5.82 Å². The number of fused-ring (bicyclic) bond motifs is 3. The molecule has 0 radical (unpaired) electrons. The molecule has 0 spiro atoms. The summed E-state index contributed by atoms with van der Waals surface area (Å²) in [4.78, 5) is 4.67. The molecule has 0 bridgehead atoms. The zero-order chi connectivity index (χ0) is 20.8. The number of rotatable bonds is 3. The van der Waals surface area contributed by atoms with Crippen LogP contribution in [0.2, 0.25) is 0 Å². The first kappa shape index (κ1) is 17.8. The molecule has 6 heteroatoms. The maximum atomic E-state index is 4.67. The summed E-state index contributed by atoms with van der Waals surface area (Å²) >= 11 is 0. The Balaban J connectivity index is 1.64. The number of aromatic amines is 1. The van der Waals surface area contributed by atoms with Crippen LogP contribution in [-0.2, 0) is 0 Å². The highest BCUT2D eigenvalue weighted by Gasteiger charge is 2.25. The molecule has 1 aliphatic rings. The average Bonchev–Trinajstić information content (AvgIpc) is 3.49. The molecule has 5 aromatic rings. The first-order valence-electron chi connectivity index (χ1n) is 10.4. The Morgan fingerprint density at radius 1 is 0.968 bits per heavy atom. The molecule has 0 saturated carbocycles. The third kappa shape index (κ3) is 2.87. The molecule has 6 nitrogen and oxygen atoms in total. The summed E-state index contributed by atoms with van der Waals surface area (Å²) in [6, 6.07) is 21.4. The van der Waals surface area contributed by atoms with Gasteiger partial charge < -0.3 is 4.57 Å². The van der Waals surface area contributed by atoms with Crippen molar-refractivity contribution in [2.45, 2.75) is 13.0 Å². The second kappa shape index (κ2) is 7.02. The zero-order valence-corrected chi connectivity index (χ0v) is 17.0. The molecule has 3 aromatic heterocycles. The number of nitrogens with zero attached hydrogens (tertiary/aromatic N) is 5. The normalized spacial score (nSPS) is 18.5. The average molecular weight is 404 g/mol. The van der Waals surface area contributed by atoms with Crippen LogP contribution in [0.25, 0.3) is 38.6 Å². The molecular weight excluding hydrogens is 384 g/mol. The van der Waals surface area contributed by atoms with E-state index >= 15 is 0 Å². The summed E-state index contributed by atoms with van der Waals surface area (Å²) < 4.78 is 2.40. The van der Waals surface area contributed by atoms with Crippen molar-refractivity contribution in [2.24, 2.45) is 5.92 Å². The van der Waals surface area contributed by atoms with Gasteiger partial charge >= 0.3 is 0 Å². The molecule has 0 aliphatic heterocycles. The first-order valence-corrected chi connectivity index (χ1v) is 10.4. The molecule has 3 heterocycles. The van der Waals surface area contributed by atoms with Crippen molar-refractivity contribution in [2.75, 3.05) is 0 Å². The van der Waals surface area contributed by atoms with Crippen LogP contribution >= 0.6 is 0 Å². The molecule has 0 amide bonds. The summed E-state index contributed by atoms with van der Waals surface area (Å²) in [5.74, 6) is 0.898. The van der Waals surface area contributed by atoms with E-state index in [-0.39, 0.29) is 6.04 Å². The predicted molar refractivity (Wildman–Crippen MR) is 122 cm³/mol. The molecule has 31 heavy (non-hydrogen) atoms. The van der Waals surface area contributed by atoms with Gasteiger partial charge in [0, 0.05) is 22.7 Å². The quantitative estimate of drug-likeness (QED) is 0.449. The van der Waals surface area contributed by atoms with E-state index in [0.29, 0.717) is 11.7 Å². The van der Waals surface area contributed by atoms with Gasteiger partial charge in [0.15, 0.2) is 0 Å². The predicted octanol–water partition coefficient (Wildman–Crippen LogP) is 5.20. The van der Waals surface area contributed by atoms with Crippen LogP contribution in [0.4, 0.5) is 0 Å². The van der Waals surface area contributed by atoms with E-state index in [2.05, 4.69) is 104 Å². The molecule has 2 unspecified atom stereocenters. The van der Waals surface area contributed by atoms with E-state index in [9.17, 15) is 0 Å². The number of aromatic nitrogens is 6. The lowest BCUT2D eigenvalue weighted by Crippen LogP contribution is -2.17. The van der Waals surface area contributed by atoms with Crippen LogP contribution in [0.15, 0.2) is 85.1 Å². The molecular formula is C25H20N6. The Morgan fingerprint density at radius 3 is 2.71 bits per heavy atom. The maximum absolute atomic E-state index is 4.67. The summed E-state index contributed by atoms with van der Waals surface area (Å²) in [5, 5.41) is 18.3. The Kier molecular flexibility index (Phi) is 4.02. The number of hydrogen-bond acceptors (Lipinski definition) is 4. The van der Waals surface area contributed by atoms with Gasteiger partial charge in [-0.05, 0) is 46.2 Å². The maximum Gasteiger partial charge on any atom is 0.204 e. The molecule has 150 valence electrons. The van der Waals surface area contributed by atoms with Gasteiger partial charge in [0.25, 0.3) is 0 Å². The number of H-pyrrole nitrogens is 1. The van der Waals surface area contributed by atoms with Gasteiger partial charge in [-0.3, -0.25) is 4.98 Å². The van der Waals surface area contributed by atoms with Crippen molar-refractivity contribution in [3.63, 3.8) is 0 Å². The lowest BCUT2D eigenvalue weighted by Gasteiger charge is -2.27. The van der Waals surface area contributed by atoms with Crippen molar-refractivity contribution < 1.29 is 0 Å². The van der Waals surface area contributed by atoms with Crippen LogP contribution in [-0.4, -0.2) is 30.2 Å². The molecule has 0 saturated heterocycles. The van der Waals surface area contributed by atoms with Crippen molar-refractivity contribution in [3.8, 4) is 11.4 Å². The Morgan fingerprint density at radius 2 is 1.87 bits per heavy atom. The van der Waals surface area contributed by atoms with Gasteiger partial charge in [0.05, 0.1) is 17.4 Å². The Bertz CT molecular complexity index is 1440. The van der Waals surface area contributed by atoms with Crippen LogP contribution in [0.3, 0.4) is 0 Å². The smallest absolute Gasteiger partial charge is 0.204 e. The highest BCUT2D eigenvalue weighted by molar-refractivity contribution is 6.08. The standard InChI is InChI=1S/C25H20N6/c1-16-9-10-18(25-27-29-30-28-25)14-23(16)31-22-12-11-17-6-2-3-7-19(17)20(22)15-24(31)21-8-4-5-13-26-21/h2-16,23H,1H3,(H,27,28,29,30). The van der Waals surface area contributed by atoms with Crippen molar-refractivity contribution >= 4 is 27.2 Å². The van der Waals surface area contributed by atoms with Gasteiger partial charge in [-0.2, -0.15) is 5.21 Å². The van der Waals surface area contributed by atoms with Crippen LogP contribution in [0.5, 0.6) is 0 Å². The van der Waals surface area contributed by atoms with Crippen LogP contribution < -0.4 is 0 Å². The fourth-order valence-electron chi connectivity index (χ4n) is 4.52. The lowest BCUT2D eigenvalue weighted by molar-refractivity contribution is 0.503. The molecule has 0 fully saturated rings. The highest BCUT2D eigenvalue weighted by Crippen LogP contribution is 2.40. The van der Waals surface area contributed by atoms with Gasteiger partial charge in [-0.1, -0.05) is 61.5 Å². The van der Waals surface area contributed by atoms with Crippen molar-refractivity contribution in [1.82, 2.24) is 30.2 Å². The fourth-order valence-corrected chi connectivity index (χ4v) is 4.52. The lowest BCUT2D eigenvalue weighted by atomic mass is 9.92. The summed E-state index contributed by atoms with van der Waals surface area (Å²) in [5.41, 5.74) is 4.21. The van der Waals surface area contributed by atoms with Crippen LogP contribution in [0, 0.1) is 5.92 Å². The number of nitrogens with one attached hydrogen (secondary N) is 1. The Hall–Kier alpha value is -4.06. The SMILES string of the molecule is CC1C=CC(c2nn[nH]n2)=CC1n1c(-c2ccccn2)cc2c3ccccc3ccc21. The topological polar surface area (TPSA) is 72.3 Å². The highest BCUT2D eigenvalue weighted by atomic mass is 15.5. The van der Waals surface area contributed by atoms with E-state index in [1.807, 2.05) is 18.3 Å². The number of tetrazole rings is 1. The van der Waals surface area contributed by atoms with Gasteiger partial charge in [-0.25, -0.2) is 0 Å². The van der Waals surface area contributed by atoms with E-state index in [4.69, 9.17) is 0 Å². The zero-order valence-electron chi connectivity index (χ0n) is 17.0. The van der Waals surface area contributed by atoms with Gasteiger partial charge in [-0.15, -0.1) is 10.2 Å². The number of hydrogen-bond donors (Lipinski definition) is 1. The van der Waals surface area contributed by atoms with E-state index in [0.717, 1.165) is 17.0 Å². The first-order chi connectivity index (χ1) is 15.3. The third-order valence-corrected chi connectivity index (χ3v) is 6.05. The summed E-state index contributed by atoms with van der Waals surface area (Å²) in [6.45, 7) is 2.24. The molecule has 1 N–H and O–H groups in total. The van der Waals surface area contributed by atoms with Crippen molar-refractivity contribution in [3.05, 3.63) is 90.9 Å². The number of benzene rings is 2. The van der Waals surface area contributed by atoms with Crippen molar-refractivity contribution in [1.29, 1.82) is 0 Å². The molecule has 2 aromatic carbocycles. The molecule has 1 aliphatic carbocycles. The van der Waals surface area contributed by atoms with E-state index < -0.39 is 0 Å². The minimum Gasteiger partial charge on any atom is -0.332 e. The summed E-state index contributed by atoms with van der Waals surface area (Å²) in [6.07, 6.45) is 8.37. The monoisotopic (exact) mass is 404 g/mol. The second-order valence-electron chi connectivity index (χ2n) is 7.90. The molecule has 2 atom stereocenters. The summed E-state index contributed by atoms with van der Waals surface area (Å²) in [7, 11) is 0. The third-order valence-electron chi connectivity index (χ3n) is 6.05. The Labute approximate surface area is 178 Å².